The van der Waals surface area contributed by atoms with Gasteiger partial charge in [-0.25, -0.2) is 8.78 Å². The fourth-order valence-electron chi connectivity index (χ4n) is 12.9. The van der Waals surface area contributed by atoms with Crippen LogP contribution in [0.4, 0.5) is 8.78 Å². The summed E-state index contributed by atoms with van der Waals surface area (Å²) in [5, 5.41) is 20.5. The molecule has 4 aromatic carbocycles. The summed E-state index contributed by atoms with van der Waals surface area (Å²) >= 11 is 2.87. The average molecular weight is 1400 g/mol. The first-order valence-electron chi connectivity index (χ1n) is 33.5. The molecule has 2 fully saturated rings. The number of aromatic amines is 2. The van der Waals surface area contributed by atoms with E-state index in [1.807, 2.05) is 24.3 Å². The average Bonchev–Trinajstić information content (AvgIpc) is 1.71. The van der Waals surface area contributed by atoms with Crippen molar-refractivity contribution in [1.82, 2.24) is 57.0 Å². The molecule has 0 spiro atoms. The van der Waals surface area contributed by atoms with E-state index in [0.717, 1.165) is 11.1 Å². The maximum Gasteiger partial charge on any atom is 0.246 e. The number of fused-ring (bicyclic) bond motifs is 6. The van der Waals surface area contributed by atoms with Gasteiger partial charge in [0.15, 0.2) is 0 Å². The van der Waals surface area contributed by atoms with E-state index in [2.05, 4.69) is 47.2 Å². The minimum atomic E-state index is -1.52. The Kier molecular flexibility index (Phi) is 25.6. The number of nitrogens with one attached hydrogen (secondary N) is 9. The van der Waals surface area contributed by atoms with Crippen molar-refractivity contribution in [3.05, 3.63) is 137 Å². The van der Waals surface area contributed by atoms with Gasteiger partial charge in [0, 0.05) is 96.0 Å². The van der Waals surface area contributed by atoms with Gasteiger partial charge in [0.1, 0.15) is 71.3 Å². The lowest BCUT2D eigenvalue weighted by atomic mass is 9.95. The van der Waals surface area contributed by atoms with Gasteiger partial charge in [0.2, 0.25) is 59.1 Å². The van der Waals surface area contributed by atoms with Crippen LogP contribution in [0.5, 0.6) is 5.75 Å². The molecule has 99 heavy (non-hydrogen) atoms. The zero-order valence-corrected chi connectivity index (χ0v) is 57.9. The van der Waals surface area contributed by atoms with Crippen LogP contribution in [0.25, 0.3) is 21.8 Å². The minimum absolute atomic E-state index is 0.0171. The molecular formula is C71H89F2N13O11S2. The fraction of sp³-hybridized carbons (Fsp3) is 0.465. The number of halogens is 2. The van der Waals surface area contributed by atoms with Crippen molar-refractivity contribution in [3.63, 3.8) is 0 Å². The van der Waals surface area contributed by atoms with Gasteiger partial charge < -0.3 is 73.2 Å². The lowest BCUT2D eigenvalue weighted by molar-refractivity contribution is -0.147. The number of amides is 10. The quantitative estimate of drug-likeness (QED) is 0.0705. The summed E-state index contributed by atoms with van der Waals surface area (Å²) in [5.74, 6) is -6.80. The molecular weight excluding hydrogens is 1310 g/mol. The number of primary amides is 1. The van der Waals surface area contributed by atoms with Crippen molar-refractivity contribution in [3.8, 4) is 5.75 Å². The van der Waals surface area contributed by atoms with E-state index in [1.54, 1.807) is 57.4 Å². The number of benzene rings is 4. The predicted molar refractivity (Wildman–Crippen MR) is 374 cm³/mol. The first-order valence-corrected chi connectivity index (χ1v) is 35.8. The number of carbonyl (C=O) groups is 10. The van der Waals surface area contributed by atoms with Crippen LogP contribution in [0.3, 0.4) is 0 Å². The molecule has 24 nitrogen and oxygen atoms in total. The second-order valence-electron chi connectivity index (χ2n) is 26.1. The molecule has 2 aromatic heterocycles. The van der Waals surface area contributed by atoms with Crippen molar-refractivity contribution >= 4 is 104 Å². The number of carbonyl (C=O) groups excluding carboxylic acids is 10. The highest BCUT2D eigenvalue weighted by Crippen LogP contribution is 2.32. The standard InChI is InChI=1S/C71H89F2N13O11S2/c1-40(2)61-67(93)82-56(30-42-15-19-49(97-5)20-16-42)69(95)86-27-10-24-71(86,4)70(96)83-58(62(75)88)39-99-38-44-12-8-11-43(29-44)37-98-28-23-60(87)79-54(13-6-7-25-74)64(90)78-41(3)63(89)80-55(31-45-35-76-52-21-17-47(72)33-50(45)52)65(91)81-57(68(94)85-26-9-14-59(85)66(92)84-61)32-46-36-77-53-22-18-48(73)34-51(46)53/h8,11-12,15-22,29,33-36,40-41,54-59,61,76-77H,6-7,9-10,13-14,23-28,30-32,37-39,74H2,1-5H3,(H2,75,88)(H,78,90)(H,79,87)(H,80,89)(H,81,91)(H,82,93)(H,83,96)(H,84,92)/t41-,54+,55+,56+,57+,58+,59+,61+,71+/m1/s1. The van der Waals surface area contributed by atoms with Gasteiger partial charge in [-0.05, 0) is 148 Å². The van der Waals surface area contributed by atoms with Crippen molar-refractivity contribution in [2.45, 2.75) is 164 Å². The van der Waals surface area contributed by atoms with Crippen LogP contribution in [-0.4, -0.2) is 171 Å². The Morgan fingerprint density at radius 2 is 1.28 bits per heavy atom. The lowest BCUT2D eigenvalue weighted by Gasteiger charge is -2.37. The lowest BCUT2D eigenvalue weighted by Crippen LogP contribution is -2.63. The molecule has 0 unspecified atom stereocenters. The van der Waals surface area contributed by atoms with Crippen LogP contribution in [0.15, 0.2) is 97.3 Å². The highest BCUT2D eigenvalue weighted by Gasteiger charge is 2.49. The summed E-state index contributed by atoms with van der Waals surface area (Å²) in [6, 6.07) is 12.3. The maximum absolute atomic E-state index is 15.5. The fourth-order valence-corrected chi connectivity index (χ4v) is 14.8. The third-order valence-electron chi connectivity index (χ3n) is 18.5. The van der Waals surface area contributed by atoms with Crippen molar-refractivity contribution < 1.29 is 61.5 Å². The van der Waals surface area contributed by atoms with Gasteiger partial charge >= 0.3 is 0 Å². The molecule has 6 aromatic rings. The van der Waals surface area contributed by atoms with Crippen LogP contribution in [0, 0.1) is 17.6 Å². The number of hydrogen-bond donors (Lipinski definition) is 11. The molecule has 2 saturated heterocycles. The van der Waals surface area contributed by atoms with Crippen LogP contribution in [-0.2, 0) is 78.7 Å². The van der Waals surface area contributed by atoms with Crippen molar-refractivity contribution in [2.24, 2.45) is 17.4 Å². The number of rotatable bonds is 13. The minimum Gasteiger partial charge on any atom is -0.497 e. The number of methoxy groups -OCH3 is 1. The predicted octanol–water partition coefficient (Wildman–Crippen LogP) is 4.59. The second kappa shape index (κ2) is 34.2. The molecule has 2 bridgehead atoms. The molecule has 9 rings (SSSR count). The van der Waals surface area contributed by atoms with Crippen LogP contribution >= 0.6 is 23.5 Å². The summed E-state index contributed by atoms with van der Waals surface area (Å²) in [4.78, 5) is 155. The van der Waals surface area contributed by atoms with Gasteiger partial charge in [-0.15, -0.1) is 0 Å². The van der Waals surface area contributed by atoms with Gasteiger partial charge in [-0.1, -0.05) is 50.2 Å². The topological polar surface area (TPSA) is 354 Å². The van der Waals surface area contributed by atoms with Crippen LogP contribution < -0.4 is 53.4 Å². The molecule has 0 radical (unpaired) electrons. The molecule has 3 aliphatic rings. The molecule has 9 atom stereocenters. The molecule has 530 valence electrons. The zero-order valence-electron chi connectivity index (χ0n) is 56.3. The smallest absolute Gasteiger partial charge is 0.246 e. The number of nitrogens with two attached hydrogens (primary N) is 2. The Morgan fingerprint density at radius 3 is 1.92 bits per heavy atom. The molecule has 10 amide bonds. The third kappa shape index (κ3) is 19.1. The molecule has 0 aliphatic carbocycles. The largest absolute Gasteiger partial charge is 0.497 e. The van der Waals surface area contributed by atoms with Gasteiger partial charge in [0.25, 0.3) is 0 Å². The number of H-pyrrole nitrogens is 2. The highest BCUT2D eigenvalue weighted by molar-refractivity contribution is 7.98. The van der Waals surface area contributed by atoms with Gasteiger partial charge in [0.05, 0.1) is 7.11 Å². The zero-order chi connectivity index (χ0) is 71.1. The highest BCUT2D eigenvalue weighted by atomic mass is 32.2. The first kappa shape index (κ1) is 74.2. The van der Waals surface area contributed by atoms with E-state index in [-0.39, 0.29) is 63.8 Å². The maximum atomic E-state index is 15.5. The Bertz CT molecular complexity index is 3930. The summed E-state index contributed by atoms with van der Waals surface area (Å²) < 4.78 is 35.3. The Balaban J connectivity index is 1.04. The van der Waals surface area contributed by atoms with E-state index in [4.69, 9.17) is 16.2 Å². The summed E-state index contributed by atoms with van der Waals surface area (Å²) in [6.45, 7) is 6.87. The number of thioether (sulfide) groups is 2. The Morgan fingerprint density at radius 1 is 0.667 bits per heavy atom. The molecule has 13 N–H and O–H groups in total. The molecule has 0 saturated carbocycles. The van der Waals surface area contributed by atoms with Crippen molar-refractivity contribution in [1.29, 1.82) is 0 Å². The second-order valence-corrected chi connectivity index (χ2v) is 28.3. The van der Waals surface area contributed by atoms with E-state index >= 15 is 18.8 Å². The number of unbranched alkanes of at least 4 members (excludes halogenated alkanes) is 1. The molecule has 28 heteroatoms. The summed E-state index contributed by atoms with van der Waals surface area (Å²) in [7, 11) is 1.51. The van der Waals surface area contributed by atoms with Gasteiger partial charge in [-0.3, -0.25) is 47.9 Å². The first-order chi connectivity index (χ1) is 47.4. The number of nitrogens with zero attached hydrogens (tertiary/aromatic N) is 2. The molecule has 5 heterocycles. The monoisotopic (exact) mass is 1400 g/mol. The normalized spacial score (nSPS) is 24.4. The van der Waals surface area contributed by atoms with E-state index in [0.29, 0.717) is 93.7 Å². The van der Waals surface area contributed by atoms with E-state index in [1.165, 1.54) is 83.8 Å². The summed E-state index contributed by atoms with van der Waals surface area (Å²) in [5.41, 5.74) is 14.6. The third-order valence-corrected chi connectivity index (χ3v) is 20.7. The number of ether oxygens (including phenoxy) is 1. The van der Waals surface area contributed by atoms with Crippen LogP contribution in [0.2, 0.25) is 0 Å². The Hall–Kier alpha value is -9.02. The van der Waals surface area contributed by atoms with Crippen LogP contribution in [0.1, 0.15) is 107 Å². The van der Waals surface area contributed by atoms with Crippen molar-refractivity contribution in [2.75, 3.05) is 38.2 Å². The van der Waals surface area contributed by atoms with E-state index in [9.17, 15) is 38.0 Å². The SMILES string of the molecule is COc1ccc(C[C@@H]2NC(=O)[C@H](C(C)C)NC(=O)[C@@H]3CCCN3C(=O)[C@H](Cc3c[nH]c4ccc(F)cc34)NC(=O)[C@H](Cc3c[nH]c4ccc(F)cc34)NC(=O)[C@@H](C)NC(=O)[C@H](CCCCN)NC(=O)CCSCc3cccc(c3)CSC[C@@H](C(N)=O)NC(=O)[C@]3(C)CCCN3C2=O)cc1. The van der Waals surface area contributed by atoms with Gasteiger partial charge in [-0.2, -0.15) is 23.5 Å². The number of aromatic nitrogens is 2. The number of hydrogen-bond acceptors (Lipinski definition) is 14. The Labute approximate surface area is 581 Å². The molecule has 3 aliphatic heterocycles. The summed E-state index contributed by atoms with van der Waals surface area (Å²) in [6.07, 6.45) is 4.81. The van der Waals surface area contributed by atoms with E-state index < -0.39 is 130 Å².